The molecule has 1 aromatic carbocycles. The Bertz CT molecular complexity index is 499. The summed E-state index contributed by atoms with van der Waals surface area (Å²) in [5.74, 6) is -2.79. The van der Waals surface area contributed by atoms with Gasteiger partial charge in [-0.05, 0) is 31.2 Å². The van der Waals surface area contributed by atoms with E-state index in [2.05, 4.69) is 0 Å². The molecule has 0 fully saturated rings. The number of rotatable bonds is 7. The molecule has 118 valence electrons. The molecule has 1 unspecified atom stereocenters. The average molecular weight is 320 g/mol. The molecule has 7 heteroatoms. The lowest BCUT2D eigenvalue weighted by atomic mass is 10.0. The zero-order valence-electron chi connectivity index (χ0n) is 12.0. The van der Waals surface area contributed by atoms with Crippen molar-refractivity contribution < 1.29 is 18.0 Å². The molecule has 0 bridgehead atoms. The van der Waals surface area contributed by atoms with Crippen LogP contribution >= 0.6 is 11.8 Å². The van der Waals surface area contributed by atoms with Gasteiger partial charge in [-0.2, -0.15) is 0 Å². The molecule has 0 aromatic heterocycles. The first-order valence-electron chi connectivity index (χ1n) is 6.54. The molecule has 1 rings (SSSR count). The monoisotopic (exact) mass is 320 g/mol. The predicted molar refractivity (Wildman–Crippen MR) is 78.4 cm³/mol. The summed E-state index contributed by atoms with van der Waals surface area (Å²) < 4.78 is 39.4. The predicted octanol–water partition coefficient (Wildman–Crippen LogP) is 2.53. The van der Waals surface area contributed by atoms with Crippen LogP contribution in [0.25, 0.3) is 0 Å². The van der Waals surface area contributed by atoms with Gasteiger partial charge >= 0.3 is 0 Å². The number of nitrogens with two attached hydrogens (primary N) is 1. The van der Waals surface area contributed by atoms with E-state index < -0.39 is 23.5 Å². The van der Waals surface area contributed by atoms with Crippen LogP contribution in [0.15, 0.2) is 12.1 Å². The number of thioether (sulfide) groups is 1. The molecule has 21 heavy (non-hydrogen) atoms. The zero-order chi connectivity index (χ0) is 16.0. The summed E-state index contributed by atoms with van der Waals surface area (Å²) in [5, 5.41) is 0. The third-order valence-corrected chi connectivity index (χ3v) is 3.60. The van der Waals surface area contributed by atoms with Gasteiger partial charge in [-0.15, -0.1) is 11.8 Å². The Balaban J connectivity index is 2.67. The van der Waals surface area contributed by atoms with Gasteiger partial charge < -0.3 is 10.6 Å². The van der Waals surface area contributed by atoms with Crippen molar-refractivity contribution in [1.29, 1.82) is 0 Å². The Labute approximate surface area is 126 Å². The van der Waals surface area contributed by atoms with Crippen LogP contribution in [0.1, 0.15) is 18.9 Å². The van der Waals surface area contributed by atoms with Gasteiger partial charge in [0.1, 0.15) is 5.82 Å². The number of hydrogen-bond acceptors (Lipinski definition) is 3. The summed E-state index contributed by atoms with van der Waals surface area (Å²) in [6.07, 6.45) is 1.89. The third kappa shape index (κ3) is 5.24. The smallest absolute Gasteiger partial charge is 0.224 e. The van der Waals surface area contributed by atoms with E-state index in [0.29, 0.717) is 18.5 Å². The van der Waals surface area contributed by atoms with Gasteiger partial charge in [0, 0.05) is 25.1 Å². The second kappa shape index (κ2) is 8.29. The highest BCUT2D eigenvalue weighted by Gasteiger charge is 2.18. The lowest BCUT2D eigenvalue weighted by Gasteiger charge is -2.21. The van der Waals surface area contributed by atoms with Gasteiger partial charge in [-0.1, -0.05) is 0 Å². The van der Waals surface area contributed by atoms with E-state index in [9.17, 15) is 18.0 Å². The minimum atomic E-state index is -1.24. The van der Waals surface area contributed by atoms with E-state index in [-0.39, 0.29) is 24.3 Å². The van der Waals surface area contributed by atoms with Gasteiger partial charge in [0.05, 0.1) is 5.88 Å². The van der Waals surface area contributed by atoms with Gasteiger partial charge in [-0.25, -0.2) is 13.2 Å². The van der Waals surface area contributed by atoms with Crippen molar-refractivity contribution in [2.45, 2.75) is 25.8 Å². The highest BCUT2D eigenvalue weighted by molar-refractivity contribution is 7.98. The van der Waals surface area contributed by atoms with Crippen molar-refractivity contribution in [1.82, 2.24) is 4.90 Å². The minimum absolute atomic E-state index is 0.0222. The third-order valence-electron chi connectivity index (χ3n) is 3.03. The van der Waals surface area contributed by atoms with Crippen LogP contribution < -0.4 is 5.73 Å². The largest absolute Gasteiger partial charge is 0.334 e. The molecular weight excluding hydrogens is 301 g/mol. The molecule has 1 aromatic rings. The minimum Gasteiger partial charge on any atom is -0.334 e. The molecule has 0 heterocycles. The fraction of sp³-hybridized carbons (Fsp3) is 0.500. The lowest BCUT2D eigenvalue weighted by Crippen LogP contribution is -2.36. The first-order chi connectivity index (χ1) is 9.88. The molecule has 2 N–H and O–H groups in total. The summed E-state index contributed by atoms with van der Waals surface area (Å²) in [5.41, 5.74) is 5.79. The van der Waals surface area contributed by atoms with E-state index in [0.717, 1.165) is 6.07 Å². The van der Waals surface area contributed by atoms with Crippen LogP contribution in [0.3, 0.4) is 0 Å². The number of hydrogen-bond donors (Lipinski definition) is 1. The molecule has 0 aliphatic carbocycles. The van der Waals surface area contributed by atoms with Gasteiger partial charge in [0.2, 0.25) is 5.91 Å². The van der Waals surface area contributed by atoms with Crippen LogP contribution in [0.5, 0.6) is 0 Å². The Morgan fingerprint density at radius 1 is 1.29 bits per heavy atom. The standard InChI is InChI=1S/C14H19F3N2OS/c1-3-19(8-21-2)14(20)6-10(18)4-9-5-12(16)13(17)7-11(9)15/h5,7,10H,3-4,6,8,18H2,1-2H3. The number of amides is 1. The van der Waals surface area contributed by atoms with Gasteiger partial charge in [0.25, 0.3) is 0 Å². The SMILES string of the molecule is CCN(CSC)C(=O)CC(N)Cc1cc(F)c(F)cc1F. The Kier molecular flexibility index (Phi) is 7.04. The maximum absolute atomic E-state index is 13.5. The van der Waals surface area contributed by atoms with Crippen molar-refractivity contribution >= 4 is 17.7 Å². The highest BCUT2D eigenvalue weighted by Crippen LogP contribution is 2.16. The van der Waals surface area contributed by atoms with Crippen molar-refractivity contribution in [3.8, 4) is 0 Å². The molecule has 1 atom stereocenters. The molecule has 3 nitrogen and oxygen atoms in total. The van der Waals surface area contributed by atoms with Crippen molar-refractivity contribution in [2.75, 3.05) is 18.7 Å². The van der Waals surface area contributed by atoms with Crippen molar-refractivity contribution in [2.24, 2.45) is 5.73 Å². The summed E-state index contributed by atoms with van der Waals surface area (Å²) >= 11 is 1.51. The summed E-state index contributed by atoms with van der Waals surface area (Å²) in [7, 11) is 0. The van der Waals surface area contributed by atoms with E-state index in [1.165, 1.54) is 11.8 Å². The quantitative estimate of drug-likeness (QED) is 0.620. The first kappa shape index (κ1) is 17.8. The first-order valence-corrected chi connectivity index (χ1v) is 7.94. The summed E-state index contributed by atoms with van der Waals surface area (Å²) in [6, 6.07) is 0.632. The second-order valence-corrected chi connectivity index (χ2v) is 5.53. The van der Waals surface area contributed by atoms with Crippen molar-refractivity contribution in [3.63, 3.8) is 0 Å². The number of halogens is 3. The molecule has 0 aliphatic heterocycles. The van der Waals surface area contributed by atoms with Crippen LogP contribution in [0, 0.1) is 17.5 Å². The Hall–Kier alpha value is -1.21. The average Bonchev–Trinajstić information content (AvgIpc) is 2.41. The maximum atomic E-state index is 13.5. The molecule has 1 amide bonds. The Morgan fingerprint density at radius 2 is 1.90 bits per heavy atom. The number of carbonyl (C=O) groups is 1. The molecular formula is C14H19F3N2OS. The highest BCUT2D eigenvalue weighted by atomic mass is 32.2. The van der Waals surface area contributed by atoms with E-state index in [1.807, 2.05) is 13.2 Å². The topological polar surface area (TPSA) is 46.3 Å². The molecule has 0 aliphatic rings. The second-order valence-electron chi connectivity index (χ2n) is 4.69. The van der Waals surface area contributed by atoms with Crippen LogP contribution in [0.4, 0.5) is 13.2 Å². The number of nitrogens with zero attached hydrogens (tertiary/aromatic N) is 1. The summed E-state index contributed by atoms with van der Waals surface area (Å²) in [4.78, 5) is 13.6. The van der Waals surface area contributed by atoms with E-state index in [1.54, 1.807) is 4.90 Å². The number of carbonyl (C=O) groups excluding carboxylic acids is 1. The molecule has 0 spiro atoms. The molecule has 0 radical (unpaired) electrons. The van der Waals surface area contributed by atoms with Crippen LogP contribution in [-0.4, -0.2) is 35.5 Å². The Morgan fingerprint density at radius 3 is 2.48 bits per heavy atom. The fourth-order valence-electron chi connectivity index (χ4n) is 1.92. The fourth-order valence-corrected chi connectivity index (χ4v) is 2.56. The van der Waals surface area contributed by atoms with Crippen LogP contribution in [0.2, 0.25) is 0 Å². The summed E-state index contributed by atoms with van der Waals surface area (Å²) in [6.45, 7) is 2.42. The number of benzene rings is 1. The maximum Gasteiger partial charge on any atom is 0.224 e. The van der Waals surface area contributed by atoms with Gasteiger partial charge in [0.15, 0.2) is 11.6 Å². The zero-order valence-corrected chi connectivity index (χ0v) is 12.9. The normalized spacial score (nSPS) is 12.3. The molecule has 0 saturated heterocycles. The van der Waals surface area contributed by atoms with Crippen molar-refractivity contribution in [3.05, 3.63) is 35.1 Å². The van der Waals surface area contributed by atoms with E-state index in [4.69, 9.17) is 5.73 Å². The molecule has 0 saturated carbocycles. The van der Waals surface area contributed by atoms with Gasteiger partial charge in [-0.3, -0.25) is 4.79 Å². The van der Waals surface area contributed by atoms with E-state index >= 15 is 0 Å². The van der Waals surface area contributed by atoms with Crippen LogP contribution in [-0.2, 0) is 11.2 Å². The lowest BCUT2D eigenvalue weighted by molar-refractivity contribution is -0.130.